The lowest BCUT2D eigenvalue weighted by Crippen LogP contribution is -2.36. The molecule has 110 valence electrons. The molecular weight excluding hydrogens is 268 g/mol. The molecule has 1 aromatic heterocycles. The van der Waals surface area contributed by atoms with Gasteiger partial charge in [0.05, 0.1) is 6.20 Å². The Bertz CT molecular complexity index is 484. The van der Waals surface area contributed by atoms with Crippen molar-refractivity contribution in [3.8, 4) is 0 Å². The average Bonchev–Trinajstić information content (AvgIpc) is 2.78. The number of hydrogen-bond acceptors (Lipinski definition) is 5. The van der Waals surface area contributed by atoms with Crippen molar-refractivity contribution in [2.75, 3.05) is 27.2 Å². The third-order valence-electron chi connectivity index (χ3n) is 2.84. The van der Waals surface area contributed by atoms with Crippen molar-refractivity contribution in [3.63, 3.8) is 0 Å². The summed E-state index contributed by atoms with van der Waals surface area (Å²) in [6.45, 7) is 5.23. The van der Waals surface area contributed by atoms with Crippen LogP contribution in [0.4, 0.5) is 0 Å². The van der Waals surface area contributed by atoms with Crippen LogP contribution in [0.25, 0.3) is 0 Å². The Morgan fingerprint density at radius 1 is 1.53 bits per heavy atom. The Morgan fingerprint density at radius 3 is 2.79 bits per heavy atom. The lowest BCUT2D eigenvalue weighted by atomic mass is 10.3. The number of nitrogens with one attached hydrogen (secondary N) is 1. The molecule has 1 heterocycles. The van der Waals surface area contributed by atoms with Crippen LogP contribution in [0.1, 0.15) is 13.8 Å². The monoisotopic (exact) mass is 290 g/mol. The second-order valence-electron chi connectivity index (χ2n) is 4.56. The van der Waals surface area contributed by atoms with Crippen LogP contribution >= 0.6 is 0 Å². The molecule has 0 fully saturated rings. The predicted octanol–water partition coefficient (Wildman–Crippen LogP) is 0.106. The van der Waals surface area contributed by atoms with E-state index in [1.54, 1.807) is 0 Å². The molecule has 19 heavy (non-hydrogen) atoms. The molecule has 0 bridgehead atoms. The fourth-order valence-electron chi connectivity index (χ4n) is 1.46. The summed E-state index contributed by atoms with van der Waals surface area (Å²) in [7, 11) is -0.106. The standard InChI is InChI=1S/C11H22N4O3S/c1-10(2)14(3)8-7-13-19(16,17)11-5-6-12-15(11)9-18-4/h5-6,10,13H,7-9H2,1-4H3. The molecule has 0 saturated heterocycles. The van der Waals surface area contributed by atoms with E-state index in [0.29, 0.717) is 19.1 Å². The van der Waals surface area contributed by atoms with Gasteiger partial charge in [0.25, 0.3) is 10.0 Å². The zero-order chi connectivity index (χ0) is 14.5. The van der Waals surface area contributed by atoms with Gasteiger partial charge in [-0.25, -0.2) is 17.8 Å². The minimum absolute atomic E-state index is 0.106. The fourth-order valence-corrected chi connectivity index (χ4v) is 2.58. The molecule has 1 rings (SSSR count). The predicted molar refractivity (Wildman–Crippen MR) is 72.2 cm³/mol. The summed E-state index contributed by atoms with van der Waals surface area (Å²) in [6.07, 6.45) is 1.44. The SMILES string of the molecule is COCn1nccc1S(=O)(=O)NCCN(C)C(C)C. The van der Waals surface area contributed by atoms with Crippen molar-refractivity contribution < 1.29 is 13.2 Å². The number of rotatable bonds is 8. The van der Waals surface area contributed by atoms with Gasteiger partial charge in [-0.1, -0.05) is 0 Å². The van der Waals surface area contributed by atoms with E-state index in [0.717, 1.165) is 0 Å². The van der Waals surface area contributed by atoms with Crippen LogP contribution in [0.15, 0.2) is 17.3 Å². The Balaban J connectivity index is 2.63. The molecule has 0 saturated carbocycles. The number of aromatic nitrogens is 2. The van der Waals surface area contributed by atoms with E-state index < -0.39 is 10.0 Å². The third-order valence-corrected chi connectivity index (χ3v) is 4.32. The smallest absolute Gasteiger partial charge is 0.257 e. The number of methoxy groups -OCH3 is 1. The van der Waals surface area contributed by atoms with E-state index in [1.807, 2.05) is 7.05 Å². The highest BCUT2D eigenvalue weighted by Gasteiger charge is 2.19. The largest absolute Gasteiger partial charge is 0.362 e. The Hall–Kier alpha value is -0.960. The maximum atomic E-state index is 12.1. The van der Waals surface area contributed by atoms with Gasteiger partial charge in [0, 0.05) is 26.2 Å². The van der Waals surface area contributed by atoms with Gasteiger partial charge in [-0.05, 0) is 27.0 Å². The fraction of sp³-hybridized carbons (Fsp3) is 0.727. The molecule has 0 atom stereocenters. The van der Waals surface area contributed by atoms with Crippen LogP contribution < -0.4 is 4.72 Å². The molecule has 0 aliphatic carbocycles. The van der Waals surface area contributed by atoms with Gasteiger partial charge in [-0.3, -0.25) is 0 Å². The zero-order valence-electron chi connectivity index (χ0n) is 11.8. The van der Waals surface area contributed by atoms with Crippen molar-refractivity contribution >= 4 is 10.0 Å². The quantitative estimate of drug-likeness (QED) is 0.735. The summed E-state index contributed by atoms with van der Waals surface area (Å²) in [5.41, 5.74) is 0. The summed E-state index contributed by atoms with van der Waals surface area (Å²) in [5, 5.41) is 4.02. The lowest BCUT2D eigenvalue weighted by molar-refractivity contribution is 0.112. The second-order valence-corrected chi connectivity index (χ2v) is 6.27. The molecule has 0 radical (unpaired) electrons. The number of hydrogen-bond donors (Lipinski definition) is 1. The first-order valence-corrected chi connectivity index (χ1v) is 7.57. The van der Waals surface area contributed by atoms with Gasteiger partial charge in [-0.15, -0.1) is 0 Å². The van der Waals surface area contributed by atoms with Gasteiger partial charge < -0.3 is 9.64 Å². The highest BCUT2D eigenvalue weighted by Crippen LogP contribution is 2.07. The van der Waals surface area contributed by atoms with Gasteiger partial charge >= 0.3 is 0 Å². The Kier molecular flexibility index (Phi) is 5.92. The maximum Gasteiger partial charge on any atom is 0.257 e. The summed E-state index contributed by atoms with van der Waals surface area (Å²) in [4.78, 5) is 2.06. The first-order chi connectivity index (χ1) is 8.88. The first kappa shape index (κ1) is 16.1. The number of nitrogens with zero attached hydrogens (tertiary/aromatic N) is 3. The van der Waals surface area contributed by atoms with Gasteiger partial charge in [0.1, 0.15) is 6.73 Å². The summed E-state index contributed by atoms with van der Waals surface area (Å²) < 4.78 is 32.9. The van der Waals surface area contributed by atoms with Crippen molar-refractivity contribution in [2.45, 2.75) is 31.6 Å². The minimum Gasteiger partial charge on any atom is -0.362 e. The van der Waals surface area contributed by atoms with Gasteiger partial charge in [0.2, 0.25) is 0 Å². The molecule has 1 aromatic rings. The third kappa shape index (κ3) is 4.57. The van der Waals surface area contributed by atoms with Crippen molar-refractivity contribution in [1.82, 2.24) is 19.4 Å². The van der Waals surface area contributed by atoms with Crippen LogP contribution in [0, 0.1) is 0 Å². The molecule has 0 spiro atoms. The molecule has 0 unspecified atom stereocenters. The molecule has 0 aromatic carbocycles. The van der Waals surface area contributed by atoms with E-state index >= 15 is 0 Å². The van der Waals surface area contributed by atoms with Crippen LogP contribution in [-0.2, 0) is 21.5 Å². The van der Waals surface area contributed by atoms with Crippen LogP contribution in [0.3, 0.4) is 0 Å². The highest BCUT2D eigenvalue weighted by atomic mass is 32.2. The molecule has 1 N–H and O–H groups in total. The molecular formula is C11H22N4O3S. The Labute approximate surface area is 114 Å². The second kappa shape index (κ2) is 6.99. The van der Waals surface area contributed by atoms with Crippen LogP contribution in [0.2, 0.25) is 0 Å². The molecule has 7 nitrogen and oxygen atoms in total. The highest BCUT2D eigenvalue weighted by molar-refractivity contribution is 7.89. The Morgan fingerprint density at radius 2 is 2.21 bits per heavy atom. The molecule has 0 aliphatic rings. The molecule has 0 amide bonds. The first-order valence-electron chi connectivity index (χ1n) is 6.09. The van der Waals surface area contributed by atoms with E-state index in [2.05, 4.69) is 28.6 Å². The van der Waals surface area contributed by atoms with E-state index in [1.165, 1.54) is 24.1 Å². The number of ether oxygens (including phenoxy) is 1. The lowest BCUT2D eigenvalue weighted by Gasteiger charge is -2.20. The van der Waals surface area contributed by atoms with Crippen molar-refractivity contribution in [3.05, 3.63) is 12.3 Å². The number of sulfonamides is 1. The van der Waals surface area contributed by atoms with E-state index in [9.17, 15) is 8.42 Å². The van der Waals surface area contributed by atoms with Crippen LogP contribution in [-0.4, -0.2) is 56.4 Å². The zero-order valence-corrected chi connectivity index (χ0v) is 12.6. The van der Waals surface area contributed by atoms with E-state index in [4.69, 9.17) is 4.74 Å². The topological polar surface area (TPSA) is 76.5 Å². The van der Waals surface area contributed by atoms with Gasteiger partial charge in [0.15, 0.2) is 5.03 Å². The summed E-state index contributed by atoms with van der Waals surface area (Å²) in [5.74, 6) is 0. The summed E-state index contributed by atoms with van der Waals surface area (Å²) in [6, 6.07) is 1.83. The normalized spacial score (nSPS) is 12.5. The number of likely N-dealkylation sites (N-methyl/N-ethyl adjacent to an activating group) is 1. The summed E-state index contributed by atoms with van der Waals surface area (Å²) >= 11 is 0. The van der Waals surface area contributed by atoms with Crippen LogP contribution in [0.5, 0.6) is 0 Å². The average molecular weight is 290 g/mol. The van der Waals surface area contributed by atoms with Crippen molar-refractivity contribution in [2.24, 2.45) is 0 Å². The minimum atomic E-state index is -3.55. The maximum absolute atomic E-state index is 12.1. The van der Waals surface area contributed by atoms with Crippen molar-refractivity contribution in [1.29, 1.82) is 0 Å². The van der Waals surface area contributed by atoms with E-state index in [-0.39, 0.29) is 11.8 Å². The molecule has 0 aliphatic heterocycles. The van der Waals surface area contributed by atoms with Gasteiger partial charge in [-0.2, -0.15) is 5.10 Å². The molecule has 8 heteroatoms.